The number of nitrogens with one attached hydrogen (secondary N) is 1. The van der Waals surface area contributed by atoms with Crippen LogP contribution < -0.4 is 5.32 Å². The van der Waals surface area contributed by atoms with Crippen LogP contribution in [0.5, 0.6) is 0 Å². The first-order valence-corrected chi connectivity index (χ1v) is 7.42. The Labute approximate surface area is 118 Å². The molecule has 2 N–H and O–H groups in total. The van der Waals surface area contributed by atoms with E-state index in [1.165, 1.54) is 11.3 Å². The molecule has 1 amide bonds. The number of hydrogen-bond donors (Lipinski definition) is 2. The fourth-order valence-electron chi connectivity index (χ4n) is 2.21. The summed E-state index contributed by atoms with van der Waals surface area (Å²) in [6, 6.07) is 1.77. The van der Waals surface area contributed by atoms with Crippen LogP contribution in [0, 0.1) is 5.41 Å². The first-order chi connectivity index (χ1) is 8.51. The standard InChI is InChI=1S/C12H14BrNO3S/c13-9-4-8(6-18-9)11(17)14-7-12(2-1-3-12)5-10(15)16/h4,6H,1-3,5,7H2,(H,14,17)(H,15,16). The molecule has 0 saturated heterocycles. The second-order valence-corrected chi connectivity index (χ2v) is 7.04. The van der Waals surface area contributed by atoms with E-state index < -0.39 is 5.97 Å². The molecule has 1 aliphatic carbocycles. The lowest BCUT2D eigenvalue weighted by molar-refractivity contribution is -0.141. The molecular formula is C12H14BrNO3S. The summed E-state index contributed by atoms with van der Waals surface area (Å²) in [6.45, 7) is 0.450. The molecule has 0 atom stereocenters. The summed E-state index contributed by atoms with van der Waals surface area (Å²) in [5, 5.41) is 13.5. The van der Waals surface area contributed by atoms with Crippen molar-refractivity contribution in [2.75, 3.05) is 6.54 Å². The number of amides is 1. The lowest BCUT2D eigenvalue weighted by atomic mass is 9.66. The first kappa shape index (κ1) is 13.5. The molecule has 1 saturated carbocycles. The smallest absolute Gasteiger partial charge is 0.303 e. The SMILES string of the molecule is O=C(O)CC1(CNC(=O)c2csc(Br)c2)CCC1. The van der Waals surface area contributed by atoms with Gasteiger partial charge in [0.15, 0.2) is 0 Å². The predicted octanol–water partition coefficient (Wildman–Crippen LogP) is 2.89. The van der Waals surface area contributed by atoms with Crippen molar-refractivity contribution in [2.45, 2.75) is 25.7 Å². The third kappa shape index (κ3) is 3.11. The summed E-state index contributed by atoms with van der Waals surface area (Å²) in [5.41, 5.74) is 0.394. The number of carbonyl (C=O) groups is 2. The zero-order valence-electron chi connectivity index (χ0n) is 9.74. The number of thiophene rings is 1. The van der Waals surface area contributed by atoms with Crippen molar-refractivity contribution in [3.63, 3.8) is 0 Å². The van der Waals surface area contributed by atoms with Crippen molar-refractivity contribution in [1.29, 1.82) is 0 Å². The fraction of sp³-hybridized carbons (Fsp3) is 0.500. The van der Waals surface area contributed by atoms with Gasteiger partial charge in [-0.3, -0.25) is 9.59 Å². The van der Waals surface area contributed by atoms with Gasteiger partial charge in [0.2, 0.25) is 0 Å². The maximum absolute atomic E-state index is 11.9. The van der Waals surface area contributed by atoms with Crippen molar-refractivity contribution >= 4 is 39.1 Å². The van der Waals surface area contributed by atoms with E-state index in [-0.39, 0.29) is 17.7 Å². The lowest BCUT2D eigenvalue weighted by Gasteiger charge is -2.40. The van der Waals surface area contributed by atoms with E-state index in [2.05, 4.69) is 21.2 Å². The van der Waals surface area contributed by atoms with Crippen molar-refractivity contribution in [3.8, 4) is 0 Å². The van der Waals surface area contributed by atoms with Crippen LogP contribution in [-0.2, 0) is 4.79 Å². The Morgan fingerprint density at radius 2 is 2.22 bits per heavy atom. The van der Waals surface area contributed by atoms with E-state index in [0.29, 0.717) is 12.1 Å². The molecule has 1 aromatic rings. The largest absolute Gasteiger partial charge is 0.481 e. The molecule has 1 aromatic heterocycles. The molecule has 18 heavy (non-hydrogen) atoms. The summed E-state index contributed by atoms with van der Waals surface area (Å²) in [6.07, 6.45) is 2.95. The van der Waals surface area contributed by atoms with E-state index in [1.54, 1.807) is 11.4 Å². The Kier molecular flexibility index (Phi) is 4.07. The van der Waals surface area contributed by atoms with Gasteiger partial charge in [-0.05, 0) is 40.3 Å². The first-order valence-electron chi connectivity index (χ1n) is 5.75. The third-order valence-corrected chi connectivity index (χ3v) is 4.90. The minimum Gasteiger partial charge on any atom is -0.481 e. The van der Waals surface area contributed by atoms with Gasteiger partial charge < -0.3 is 10.4 Å². The number of halogens is 1. The average Bonchev–Trinajstić information content (AvgIpc) is 2.68. The van der Waals surface area contributed by atoms with Gasteiger partial charge >= 0.3 is 5.97 Å². The quantitative estimate of drug-likeness (QED) is 0.871. The van der Waals surface area contributed by atoms with E-state index in [0.717, 1.165) is 23.0 Å². The van der Waals surface area contributed by atoms with Gasteiger partial charge in [0.05, 0.1) is 15.8 Å². The number of carboxylic acids is 1. The molecule has 0 bridgehead atoms. The highest BCUT2D eigenvalue weighted by Crippen LogP contribution is 2.43. The van der Waals surface area contributed by atoms with Crippen molar-refractivity contribution in [3.05, 3.63) is 20.8 Å². The highest BCUT2D eigenvalue weighted by Gasteiger charge is 2.39. The normalized spacial score (nSPS) is 16.9. The summed E-state index contributed by atoms with van der Waals surface area (Å²) in [5.74, 6) is -0.921. The minimum atomic E-state index is -0.790. The van der Waals surface area contributed by atoms with E-state index in [9.17, 15) is 9.59 Å². The van der Waals surface area contributed by atoms with Crippen molar-refractivity contribution in [2.24, 2.45) is 5.41 Å². The Balaban J connectivity index is 1.90. The van der Waals surface area contributed by atoms with Crippen LogP contribution in [-0.4, -0.2) is 23.5 Å². The molecular weight excluding hydrogens is 318 g/mol. The third-order valence-electron chi connectivity index (χ3n) is 3.39. The van der Waals surface area contributed by atoms with Crippen LogP contribution in [0.1, 0.15) is 36.0 Å². The Bertz CT molecular complexity index is 468. The second-order valence-electron chi connectivity index (χ2n) is 4.75. The van der Waals surface area contributed by atoms with Gasteiger partial charge in [-0.2, -0.15) is 0 Å². The highest BCUT2D eigenvalue weighted by molar-refractivity contribution is 9.11. The van der Waals surface area contributed by atoms with E-state index in [1.807, 2.05) is 0 Å². The molecule has 4 nitrogen and oxygen atoms in total. The predicted molar refractivity (Wildman–Crippen MR) is 72.9 cm³/mol. The molecule has 0 unspecified atom stereocenters. The molecule has 0 radical (unpaired) electrons. The monoisotopic (exact) mass is 331 g/mol. The van der Waals surface area contributed by atoms with Gasteiger partial charge in [0.25, 0.3) is 5.91 Å². The van der Waals surface area contributed by atoms with Gasteiger partial charge in [-0.1, -0.05) is 6.42 Å². The molecule has 0 aliphatic heterocycles. The topological polar surface area (TPSA) is 66.4 Å². The lowest BCUT2D eigenvalue weighted by Crippen LogP contribution is -2.43. The zero-order valence-corrected chi connectivity index (χ0v) is 12.1. The average molecular weight is 332 g/mol. The van der Waals surface area contributed by atoms with E-state index in [4.69, 9.17) is 5.11 Å². The maximum Gasteiger partial charge on any atom is 0.303 e. The number of aliphatic carboxylic acids is 1. The number of hydrogen-bond acceptors (Lipinski definition) is 3. The van der Waals surface area contributed by atoms with Gasteiger partial charge in [0.1, 0.15) is 0 Å². The molecule has 0 spiro atoms. The number of carboxylic acid groups (broad SMARTS) is 1. The van der Waals surface area contributed by atoms with Crippen molar-refractivity contribution in [1.82, 2.24) is 5.32 Å². The molecule has 1 heterocycles. The summed E-state index contributed by atoms with van der Waals surface area (Å²) < 4.78 is 0.913. The van der Waals surface area contributed by atoms with Crippen LogP contribution in [0.4, 0.5) is 0 Å². The Morgan fingerprint density at radius 3 is 2.67 bits per heavy atom. The van der Waals surface area contributed by atoms with Crippen LogP contribution in [0.3, 0.4) is 0 Å². The van der Waals surface area contributed by atoms with Crippen LogP contribution >= 0.6 is 27.3 Å². The van der Waals surface area contributed by atoms with Gasteiger partial charge in [-0.15, -0.1) is 11.3 Å². The molecule has 2 rings (SSSR count). The summed E-state index contributed by atoms with van der Waals surface area (Å²) in [4.78, 5) is 22.7. The molecule has 6 heteroatoms. The summed E-state index contributed by atoms with van der Waals surface area (Å²) >= 11 is 4.77. The van der Waals surface area contributed by atoms with Crippen molar-refractivity contribution < 1.29 is 14.7 Å². The fourth-order valence-corrected chi connectivity index (χ4v) is 3.35. The highest BCUT2D eigenvalue weighted by atomic mass is 79.9. The van der Waals surface area contributed by atoms with Crippen LogP contribution in [0.15, 0.2) is 15.2 Å². The molecule has 0 aromatic carbocycles. The van der Waals surface area contributed by atoms with E-state index >= 15 is 0 Å². The Morgan fingerprint density at radius 1 is 1.50 bits per heavy atom. The molecule has 1 aliphatic rings. The Hall–Kier alpha value is -0.880. The molecule has 98 valence electrons. The zero-order chi connectivity index (χ0) is 13.2. The number of rotatable bonds is 5. The van der Waals surface area contributed by atoms with Gasteiger partial charge in [0, 0.05) is 11.9 Å². The number of carbonyl (C=O) groups excluding carboxylic acids is 1. The summed E-state index contributed by atoms with van der Waals surface area (Å²) in [7, 11) is 0. The maximum atomic E-state index is 11.9. The second kappa shape index (κ2) is 5.40. The minimum absolute atomic E-state index is 0.131. The van der Waals surface area contributed by atoms with Crippen LogP contribution in [0.2, 0.25) is 0 Å². The molecule has 1 fully saturated rings. The van der Waals surface area contributed by atoms with Crippen LogP contribution in [0.25, 0.3) is 0 Å². The van der Waals surface area contributed by atoms with Gasteiger partial charge in [-0.25, -0.2) is 0 Å².